The first-order valence-electron chi connectivity index (χ1n) is 8.73. The highest BCUT2D eigenvalue weighted by Crippen LogP contribution is 2.24. The topological polar surface area (TPSA) is 53.6 Å². The van der Waals surface area contributed by atoms with Crippen molar-refractivity contribution in [2.45, 2.75) is 57.2 Å². The SMILES string of the molecule is CC[C@@H](NC(=O)NC1CCN(c2cccs2)CC1)[C@H]1CCCO1. The van der Waals surface area contributed by atoms with Gasteiger partial charge in [0.2, 0.25) is 0 Å². The lowest BCUT2D eigenvalue weighted by Crippen LogP contribution is -2.52. The van der Waals surface area contributed by atoms with E-state index < -0.39 is 0 Å². The predicted molar refractivity (Wildman–Crippen MR) is 94.3 cm³/mol. The zero-order valence-corrected chi connectivity index (χ0v) is 14.6. The maximum absolute atomic E-state index is 12.3. The molecule has 0 spiro atoms. The van der Waals surface area contributed by atoms with E-state index in [4.69, 9.17) is 4.74 Å². The molecule has 2 saturated heterocycles. The van der Waals surface area contributed by atoms with E-state index in [-0.39, 0.29) is 24.2 Å². The smallest absolute Gasteiger partial charge is 0.315 e. The van der Waals surface area contributed by atoms with Crippen LogP contribution < -0.4 is 15.5 Å². The third-order valence-electron chi connectivity index (χ3n) is 4.82. The maximum atomic E-state index is 12.3. The van der Waals surface area contributed by atoms with Crippen LogP contribution in [0.5, 0.6) is 0 Å². The van der Waals surface area contributed by atoms with Crippen molar-refractivity contribution in [3.63, 3.8) is 0 Å². The molecule has 3 rings (SSSR count). The fraction of sp³-hybridized carbons (Fsp3) is 0.706. The number of nitrogens with zero attached hydrogens (tertiary/aromatic N) is 1. The molecule has 0 aromatic carbocycles. The second kappa shape index (κ2) is 8.02. The van der Waals surface area contributed by atoms with Gasteiger partial charge in [0.15, 0.2) is 0 Å². The van der Waals surface area contributed by atoms with E-state index in [1.807, 2.05) is 0 Å². The monoisotopic (exact) mass is 337 g/mol. The van der Waals surface area contributed by atoms with Crippen LogP contribution in [0, 0.1) is 0 Å². The Kier molecular flexibility index (Phi) is 5.78. The number of thiophene rings is 1. The number of piperidine rings is 1. The molecule has 128 valence electrons. The van der Waals surface area contributed by atoms with Crippen LogP contribution in [0.1, 0.15) is 39.0 Å². The molecule has 23 heavy (non-hydrogen) atoms. The molecule has 2 atom stereocenters. The van der Waals surface area contributed by atoms with Crippen molar-refractivity contribution in [2.24, 2.45) is 0 Å². The molecular weight excluding hydrogens is 310 g/mol. The van der Waals surface area contributed by atoms with E-state index >= 15 is 0 Å². The van der Waals surface area contributed by atoms with Crippen LogP contribution in [0.2, 0.25) is 0 Å². The first kappa shape index (κ1) is 16.6. The largest absolute Gasteiger partial charge is 0.376 e. The molecule has 2 N–H and O–H groups in total. The Labute approximate surface area is 142 Å². The third-order valence-corrected chi connectivity index (χ3v) is 5.75. The second-order valence-electron chi connectivity index (χ2n) is 6.40. The first-order chi connectivity index (χ1) is 11.3. The van der Waals surface area contributed by atoms with Crippen LogP contribution >= 0.6 is 11.3 Å². The van der Waals surface area contributed by atoms with Crippen LogP contribution in [-0.4, -0.2) is 43.9 Å². The minimum absolute atomic E-state index is 0.0399. The van der Waals surface area contributed by atoms with Crippen molar-refractivity contribution in [1.29, 1.82) is 0 Å². The molecule has 0 aliphatic carbocycles. The number of hydrogen-bond acceptors (Lipinski definition) is 4. The van der Waals surface area contributed by atoms with Gasteiger partial charge < -0.3 is 20.3 Å². The molecule has 0 unspecified atom stereocenters. The number of amides is 2. The van der Waals surface area contributed by atoms with Gasteiger partial charge in [-0.2, -0.15) is 0 Å². The number of hydrogen-bond donors (Lipinski definition) is 2. The van der Waals surface area contributed by atoms with E-state index in [0.29, 0.717) is 0 Å². The second-order valence-corrected chi connectivity index (χ2v) is 7.32. The summed E-state index contributed by atoms with van der Waals surface area (Å²) in [6, 6.07) is 4.62. The average Bonchev–Trinajstić information content (AvgIpc) is 3.26. The van der Waals surface area contributed by atoms with Crippen molar-refractivity contribution < 1.29 is 9.53 Å². The van der Waals surface area contributed by atoms with Crippen molar-refractivity contribution in [3.05, 3.63) is 17.5 Å². The quantitative estimate of drug-likeness (QED) is 0.868. The first-order valence-corrected chi connectivity index (χ1v) is 9.61. The Balaban J connectivity index is 1.42. The van der Waals surface area contributed by atoms with Crippen LogP contribution in [-0.2, 0) is 4.74 Å². The zero-order chi connectivity index (χ0) is 16.1. The Morgan fingerprint density at radius 3 is 2.87 bits per heavy atom. The minimum atomic E-state index is -0.0399. The molecule has 5 nitrogen and oxygen atoms in total. The number of anilines is 1. The van der Waals surface area contributed by atoms with Gasteiger partial charge in [-0.05, 0) is 49.6 Å². The lowest BCUT2D eigenvalue weighted by atomic mass is 10.0. The molecule has 2 fully saturated rings. The Morgan fingerprint density at radius 1 is 1.43 bits per heavy atom. The highest BCUT2D eigenvalue weighted by molar-refractivity contribution is 7.14. The summed E-state index contributed by atoms with van der Waals surface area (Å²) in [6.07, 6.45) is 5.26. The number of ether oxygens (including phenoxy) is 1. The van der Waals surface area contributed by atoms with Crippen LogP contribution in [0.3, 0.4) is 0 Å². The standard InChI is InChI=1S/C17H27N3O2S/c1-2-14(15-5-3-11-22-15)19-17(21)18-13-7-9-20(10-8-13)16-6-4-12-23-16/h4,6,12-15H,2-3,5,7-11H2,1H3,(H2,18,19,21)/t14-,15-/m1/s1. The van der Waals surface area contributed by atoms with Gasteiger partial charge in [-0.25, -0.2) is 4.79 Å². The molecule has 0 saturated carbocycles. The normalized spacial score (nSPS) is 23.7. The molecule has 0 bridgehead atoms. The molecule has 2 aliphatic heterocycles. The molecule has 2 amide bonds. The summed E-state index contributed by atoms with van der Waals surface area (Å²) in [5, 5.41) is 9.70. The fourth-order valence-electron chi connectivity index (χ4n) is 3.47. The highest BCUT2D eigenvalue weighted by atomic mass is 32.1. The van der Waals surface area contributed by atoms with Crippen molar-refractivity contribution in [2.75, 3.05) is 24.6 Å². The van der Waals surface area contributed by atoms with Gasteiger partial charge in [0.1, 0.15) is 0 Å². The zero-order valence-electron chi connectivity index (χ0n) is 13.8. The van der Waals surface area contributed by atoms with Gasteiger partial charge in [0, 0.05) is 25.7 Å². The summed E-state index contributed by atoms with van der Waals surface area (Å²) in [7, 11) is 0. The van der Waals surface area contributed by atoms with E-state index in [1.54, 1.807) is 11.3 Å². The summed E-state index contributed by atoms with van der Waals surface area (Å²) in [5.41, 5.74) is 0. The lowest BCUT2D eigenvalue weighted by molar-refractivity contribution is 0.0794. The van der Waals surface area contributed by atoms with Gasteiger partial charge >= 0.3 is 6.03 Å². The van der Waals surface area contributed by atoms with Gasteiger partial charge in [0.05, 0.1) is 17.1 Å². The number of carbonyl (C=O) groups excluding carboxylic acids is 1. The fourth-order valence-corrected chi connectivity index (χ4v) is 4.25. The number of urea groups is 1. The van der Waals surface area contributed by atoms with Gasteiger partial charge in [0.25, 0.3) is 0 Å². The summed E-state index contributed by atoms with van der Waals surface area (Å²) >= 11 is 1.78. The molecule has 3 heterocycles. The molecule has 2 aliphatic rings. The minimum Gasteiger partial charge on any atom is -0.376 e. The average molecular weight is 337 g/mol. The Hall–Kier alpha value is -1.27. The number of nitrogens with one attached hydrogen (secondary N) is 2. The highest BCUT2D eigenvalue weighted by Gasteiger charge is 2.27. The molecule has 1 aromatic heterocycles. The van der Waals surface area contributed by atoms with E-state index in [9.17, 15) is 4.79 Å². The van der Waals surface area contributed by atoms with Crippen molar-refractivity contribution in [3.8, 4) is 0 Å². The summed E-state index contributed by atoms with van der Waals surface area (Å²) < 4.78 is 5.70. The number of carbonyl (C=O) groups is 1. The molecule has 1 aromatic rings. The molecule has 0 radical (unpaired) electrons. The van der Waals surface area contributed by atoms with Crippen molar-refractivity contribution in [1.82, 2.24) is 10.6 Å². The van der Waals surface area contributed by atoms with Crippen LogP contribution in [0.25, 0.3) is 0 Å². The summed E-state index contributed by atoms with van der Waals surface area (Å²) in [5.74, 6) is 0. The number of rotatable bonds is 5. The van der Waals surface area contributed by atoms with Gasteiger partial charge in [-0.1, -0.05) is 6.92 Å². The summed E-state index contributed by atoms with van der Waals surface area (Å²) in [4.78, 5) is 14.7. The van der Waals surface area contributed by atoms with Crippen LogP contribution in [0.4, 0.5) is 9.80 Å². The maximum Gasteiger partial charge on any atom is 0.315 e. The van der Waals surface area contributed by atoms with E-state index in [2.05, 4.69) is 40.0 Å². The predicted octanol–water partition coefficient (Wildman–Crippen LogP) is 2.97. The lowest BCUT2D eigenvalue weighted by Gasteiger charge is -2.33. The van der Waals surface area contributed by atoms with Crippen molar-refractivity contribution >= 4 is 22.4 Å². The summed E-state index contributed by atoms with van der Waals surface area (Å²) in [6.45, 7) is 4.95. The molecule has 6 heteroatoms. The van der Waals surface area contributed by atoms with E-state index in [0.717, 1.165) is 51.8 Å². The van der Waals surface area contributed by atoms with Gasteiger partial charge in [-0.15, -0.1) is 11.3 Å². The van der Waals surface area contributed by atoms with Gasteiger partial charge in [-0.3, -0.25) is 0 Å². The Morgan fingerprint density at radius 2 is 2.26 bits per heavy atom. The van der Waals surface area contributed by atoms with E-state index in [1.165, 1.54) is 5.00 Å². The Bertz CT molecular complexity index is 480. The third kappa shape index (κ3) is 4.38. The molecular formula is C17H27N3O2S. The van der Waals surface area contributed by atoms with Crippen LogP contribution in [0.15, 0.2) is 17.5 Å².